The van der Waals surface area contributed by atoms with Crippen LogP contribution in [0.15, 0.2) is 17.2 Å². The maximum Gasteiger partial charge on any atom is 0.326 e. The Balaban J connectivity index is 2.33. The van der Waals surface area contributed by atoms with Gasteiger partial charge in [0.05, 0.1) is 0 Å². The standard InChI is InChI=1S/C9H11N3O3/c1-11-7(13)3-2-6(8(11)14)12-5-4-10-9(12)15/h4-6H,2-3H2,1H3,(H,10,15). The number of aromatic amines is 1. The molecule has 0 aromatic carbocycles. The summed E-state index contributed by atoms with van der Waals surface area (Å²) in [5.41, 5.74) is -0.323. The summed E-state index contributed by atoms with van der Waals surface area (Å²) < 4.78 is 1.32. The van der Waals surface area contributed by atoms with Crippen molar-refractivity contribution >= 4 is 11.8 Å². The molecule has 6 nitrogen and oxygen atoms in total. The summed E-state index contributed by atoms with van der Waals surface area (Å²) in [6.45, 7) is 0. The molecule has 0 radical (unpaired) electrons. The molecular weight excluding hydrogens is 198 g/mol. The normalized spacial score (nSPS) is 22.2. The first-order valence-electron chi connectivity index (χ1n) is 4.67. The van der Waals surface area contributed by atoms with Crippen molar-refractivity contribution in [3.63, 3.8) is 0 Å². The predicted molar refractivity (Wildman–Crippen MR) is 51.1 cm³/mol. The Morgan fingerprint density at radius 3 is 2.73 bits per heavy atom. The number of nitrogens with one attached hydrogen (secondary N) is 1. The maximum atomic E-state index is 11.7. The molecule has 1 aromatic rings. The molecule has 2 heterocycles. The summed E-state index contributed by atoms with van der Waals surface area (Å²) >= 11 is 0. The number of rotatable bonds is 1. The van der Waals surface area contributed by atoms with E-state index >= 15 is 0 Å². The van der Waals surface area contributed by atoms with Crippen LogP contribution in [0.25, 0.3) is 0 Å². The monoisotopic (exact) mass is 209 g/mol. The summed E-state index contributed by atoms with van der Waals surface area (Å²) in [7, 11) is 1.44. The zero-order chi connectivity index (χ0) is 11.0. The third-order valence-corrected chi connectivity index (χ3v) is 2.63. The maximum absolute atomic E-state index is 11.7. The summed E-state index contributed by atoms with van der Waals surface area (Å²) in [6, 6.07) is -0.550. The molecule has 1 unspecified atom stereocenters. The van der Waals surface area contributed by atoms with Gasteiger partial charge in [-0.15, -0.1) is 0 Å². The van der Waals surface area contributed by atoms with Crippen LogP contribution in [-0.4, -0.2) is 33.3 Å². The van der Waals surface area contributed by atoms with Crippen molar-refractivity contribution in [2.45, 2.75) is 18.9 Å². The molecule has 2 amide bonds. The minimum atomic E-state index is -0.550. The number of H-pyrrole nitrogens is 1. The molecule has 15 heavy (non-hydrogen) atoms. The second kappa shape index (κ2) is 3.38. The van der Waals surface area contributed by atoms with Gasteiger partial charge in [-0.3, -0.25) is 19.1 Å². The van der Waals surface area contributed by atoms with E-state index in [9.17, 15) is 14.4 Å². The SMILES string of the molecule is CN1C(=O)CCC(n2cc[nH]c2=O)C1=O. The molecule has 0 bridgehead atoms. The number of carbonyl (C=O) groups is 2. The van der Waals surface area contributed by atoms with Crippen molar-refractivity contribution < 1.29 is 9.59 Å². The Labute approximate surface area is 85.5 Å². The Kier molecular flexibility index (Phi) is 2.18. The predicted octanol–water partition coefficient (Wildman–Crippen LogP) is -0.504. The summed E-state index contributed by atoms with van der Waals surface area (Å²) in [4.78, 5) is 37.8. The summed E-state index contributed by atoms with van der Waals surface area (Å²) in [5.74, 6) is -0.521. The number of hydrogen-bond donors (Lipinski definition) is 1. The van der Waals surface area contributed by atoms with Crippen molar-refractivity contribution in [2.24, 2.45) is 0 Å². The fraction of sp³-hybridized carbons (Fsp3) is 0.444. The first kappa shape index (κ1) is 9.70. The van der Waals surface area contributed by atoms with Crippen LogP contribution in [0.5, 0.6) is 0 Å². The number of hydrogen-bond acceptors (Lipinski definition) is 3. The van der Waals surface area contributed by atoms with E-state index in [-0.39, 0.29) is 17.5 Å². The van der Waals surface area contributed by atoms with E-state index in [1.54, 1.807) is 0 Å². The van der Waals surface area contributed by atoms with E-state index in [0.29, 0.717) is 12.8 Å². The summed E-state index contributed by atoms with van der Waals surface area (Å²) in [5, 5.41) is 0. The molecule has 1 saturated heterocycles. The van der Waals surface area contributed by atoms with Gasteiger partial charge in [-0.25, -0.2) is 4.79 Å². The van der Waals surface area contributed by atoms with Gasteiger partial charge in [0.15, 0.2) is 0 Å². The smallest absolute Gasteiger partial charge is 0.313 e. The number of piperidine rings is 1. The number of imidazole rings is 1. The molecule has 0 aliphatic carbocycles. The average molecular weight is 209 g/mol. The van der Waals surface area contributed by atoms with Gasteiger partial charge in [0.25, 0.3) is 5.91 Å². The van der Waals surface area contributed by atoms with Crippen molar-refractivity contribution in [3.05, 3.63) is 22.9 Å². The Hall–Kier alpha value is -1.85. The largest absolute Gasteiger partial charge is 0.326 e. The van der Waals surface area contributed by atoms with Crippen LogP contribution in [0.2, 0.25) is 0 Å². The lowest BCUT2D eigenvalue weighted by atomic mass is 10.0. The third-order valence-electron chi connectivity index (χ3n) is 2.63. The van der Waals surface area contributed by atoms with Crippen LogP contribution in [0.4, 0.5) is 0 Å². The van der Waals surface area contributed by atoms with Crippen molar-refractivity contribution in [1.82, 2.24) is 14.5 Å². The van der Waals surface area contributed by atoms with Crippen molar-refractivity contribution in [2.75, 3.05) is 7.05 Å². The molecule has 1 N–H and O–H groups in total. The Morgan fingerprint density at radius 1 is 1.40 bits per heavy atom. The van der Waals surface area contributed by atoms with Crippen molar-refractivity contribution in [1.29, 1.82) is 0 Å². The molecular formula is C9H11N3O3. The van der Waals surface area contributed by atoms with E-state index in [2.05, 4.69) is 4.98 Å². The molecule has 1 aliphatic heterocycles. The van der Waals surface area contributed by atoms with Crippen LogP contribution in [0.3, 0.4) is 0 Å². The number of nitrogens with zero attached hydrogens (tertiary/aromatic N) is 2. The fourth-order valence-corrected chi connectivity index (χ4v) is 1.73. The molecule has 6 heteroatoms. The van der Waals surface area contributed by atoms with Crippen LogP contribution in [0.1, 0.15) is 18.9 Å². The van der Waals surface area contributed by atoms with Gasteiger partial charge in [-0.1, -0.05) is 0 Å². The number of amides is 2. The third kappa shape index (κ3) is 1.47. The van der Waals surface area contributed by atoms with Gasteiger partial charge in [-0.05, 0) is 6.42 Å². The highest BCUT2D eigenvalue weighted by molar-refractivity contribution is 5.99. The molecule has 1 aromatic heterocycles. The van der Waals surface area contributed by atoms with E-state index in [1.165, 1.54) is 24.0 Å². The van der Waals surface area contributed by atoms with Crippen LogP contribution in [0, 0.1) is 0 Å². The Bertz CT molecular complexity index is 459. The van der Waals surface area contributed by atoms with Gasteiger partial charge in [0.2, 0.25) is 5.91 Å². The van der Waals surface area contributed by atoms with E-state index in [4.69, 9.17) is 0 Å². The van der Waals surface area contributed by atoms with Crippen LogP contribution in [-0.2, 0) is 9.59 Å². The van der Waals surface area contributed by atoms with Gasteiger partial charge in [0.1, 0.15) is 6.04 Å². The van der Waals surface area contributed by atoms with Gasteiger partial charge in [0, 0.05) is 25.9 Å². The quantitative estimate of drug-likeness (QED) is 0.633. The molecule has 0 saturated carbocycles. The van der Waals surface area contributed by atoms with Gasteiger partial charge >= 0.3 is 5.69 Å². The first-order chi connectivity index (χ1) is 7.11. The number of carbonyl (C=O) groups excluding carboxylic acids is 2. The molecule has 1 aliphatic rings. The second-order valence-electron chi connectivity index (χ2n) is 3.52. The molecule has 1 atom stereocenters. The minimum absolute atomic E-state index is 0.195. The molecule has 2 rings (SSSR count). The minimum Gasteiger partial charge on any atom is -0.313 e. The lowest BCUT2D eigenvalue weighted by molar-refractivity contribution is -0.149. The van der Waals surface area contributed by atoms with E-state index < -0.39 is 6.04 Å². The van der Waals surface area contributed by atoms with Gasteiger partial charge in [-0.2, -0.15) is 0 Å². The number of aromatic nitrogens is 2. The highest BCUT2D eigenvalue weighted by Gasteiger charge is 2.33. The lowest BCUT2D eigenvalue weighted by Gasteiger charge is -2.27. The van der Waals surface area contributed by atoms with E-state index in [0.717, 1.165) is 4.90 Å². The lowest BCUT2D eigenvalue weighted by Crippen LogP contribution is -2.44. The Morgan fingerprint density at radius 2 is 2.13 bits per heavy atom. The fourth-order valence-electron chi connectivity index (χ4n) is 1.73. The number of likely N-dealkylation sites (tertiary alicyclic amines) is 1. The number of imide groups is 1. The van der Waals surface area contributed by atoms with Crippen LogP contribution < -0.4 is 5.69 Å². The van der Waals surface area contributed by atoms with Gasteiger partial charge < -0.3 is 4.98 Å². The molecule has 1 fully saturated rings. The zero-order valence-corrected chi connectivity index (χ0v) is 8.27. The number of likely N-dealkylation sites (N-methyl/N-ethyl adjacent to an activating group) is 1. The second-order valence-corrected chi connectivity index (χ2v) is 3.52. The van der Waals surface area contributed by atoms with Crippen molar-refractivity contribution in [3.8, 4) is 0 Å². The van der Waals surface area contributed by atoms with E-state index in [1.807, 2.05) is 0 Å². The summed E-state index contributed by atoms with van der Waals surface area (Å²) in [6.07, 6.45) is 3.69. The highest BCUT2D eigenvalue weighted by Crippen LogP contribution is 2.20. The van der Waals surface area contributed by atoms with Crippen LogP contribution >= 0.6 is 0 Å². The average Bonchev–Trinajstić information content (AvgIpc) is 2.62. The zero-order valence-electron chi connectivity index (χ0n) is 8.27. The molecule has 80 valence electrons. The molecule has 0 spiro atoms. The topological polar surface area (TPSA) is 75.2 Å². The first-order valence-corrected chi connectivity index (χ1v) is 4.67. The highest BCUT2D eigenvalue weighted by atomic mass is 16.2.